The van der Waals surface area contributed by atoms with Crippen molar-refractivity contribution in [1.29, 1.82) is 0 Å². The van der Waals surface area contributed by atoms with Crippen LogP contribution in [0.5, 0.6) is 0 Å². The first-order chi connectivity index (χ1) is 14.2. The van der Waals surface area contributed by atoms with E-state index >= 15 is 0 Å². The number of nitrogen functional groups attached to an aromatic ring is 1. The minimum atomic E-state index is -4.75. The summed E-state index contributed by atoms with van der Waals surface area (Å²) in [5.41, 5.74) is 6.96. The predicted molar refractivity (Wildman–Crippen MR) is 113 cm³/mol. The lowest BCUT2D eigenvalue weighted by atomic mass is 9.82. The Morgan fingerprint density at radius 2 is 1.40 bits per heavy atom. The standard InChI is InChI=1S/C21H17N3O5S/c1-23-11-6-8-12(9-7-11)24-15-10-16(30(27,28)29)19(22)18-17(15)20(25)13-4-2-3-5-14(13)21(18)26/h2-10,23-24H,22H2,1H3,(H,27,28,29). The molecule has 1 aliphatic carbocycles. The van der Waals surface area contributed by atoms with Crippen LogP contribution in [-0.2, 0) is 10.1 Å². The molecule has 0 spiro atoms. The molecule has 0 fully saturated rings. The first-order valence-corrected chi connectivity index (χ1v) is 10.3. The summed E-state index contributed by atoms with van der Waals surface area (Å²) < 4.78 is 33.4. The van der Waals surface area contributed by atoms with Crippen LogP contribution in [0.1, 0.15) is 31.8 Å². The maximum Gasteiger partial charge on any atom is 0.296 e. The van der Waals surface area contributed by atoms with E-state index in [1.54, 1.807) is 43.4 Å². The Labute approximate surface area is 172 Å². The first kappa shape index (κ1) is 19.6. The fourth-order valence-corrected chi connectivity index (χ4v) is 4.13. The van der Waals surface area contributed by atoms with Crippen LogP contribution in [0.15, 0.2) is 59.5 Å². The molecular formula is C21H17N3O5S. The monoisotopic (exact) mass is 423 g/mol. The van der Waals surface area contributed by atoms with Crippen LogP contribution in [0.4, 0.5) is 22.7 Å². The van der Waals surface area contributed by atoms with Crippen LogP contribution in [0, 0.1) is 0 Å². The quantitative estimate of drug-likeness (QED) is 0.290. The Hall–Kier alpha value is -3.69. The normalized spacial score (nSPS) is 12.9. The summed E-state index contributed by atoms with van der Waals surface area (Å²) in [5.74, 6) is -1.06. The lowest BCUT2D eigenvalue weighted by Crippen LogP contribution is -2.25. The Kier molecular flexibility index (Phi) is 4.56. The molecule has 5 N–H and O–H groups in total. The molecule has 9 heteroatoms. The van der Waals surface area contributed by atoms with Crippen molar-refractivity contribution in [2.45, 2.75) is 4.90 Å². The van der Waals surface area contributed by atoms with Crippen molar-refractivity contribution < 1.29 is 22.6 Å². The van der Waals surface area contributed by atoms with Gasteiger partial charge in [0, 0.05) is 29.5 Å². The van der Waals surface area contributed by atoms with Gasteiger partial charge < -0.3 is 16.4 Å². The van der Waals surface area contributed by atoms with E-state index in [2.05, 4.69) is 10.6 Å². The van der Waals surface area contributed by atoms with Crippen LogP contribution in [0.2, 0.25) is 0 Å². The maximum absolute atomic E-state index is 13.2. The molecular weight excluding hydrogens is 406 g/mol. The van der Waals surface area contributed by atoms with Crippen molar-refractivity contribution in [3.8, 4) is 0 Å². The van der Waals surface area contributed by atoms with Gasteiger partial charge >= 0.3 is 0 Å². The lowest BCUT2D eigenvalue weighted by molar-refractivity contribution is 0.0980. The molecule has 4 rings (SSSR count). The zero-order valence-electron chi connectivity index (χ0n) is 15.8. The zero-order chi connectivity index (χ0) is 21.6. The Morgan fingerprint density at radius 3 is 1.93 bits per heavy atom. The third-order valence-electron chi connectivity index (χ3n) is 4.93. The van der Waals surface area contributed by atoms with Crippen LogP contribution >= 0.6 is 0 Å². The van der Waals surface area contributed by atoms with E-state index in [0.29, 0.717) is 5.69 Å². The molecule has 0 aliphatic heterocycles. The molecule has 30 heavy (non-hydrogen) atoms. The van der Waals surface area contributed by atoms with E-state index in [1.165, 1.54) is 12.1 Å². The number of ketones is 2. The first-order valence-electron chi connectivity index (χ1n) is 8.89. The van der Waals surface area contributed by atoms with E-state index < -0.39 is 32.3 Å². The summed E-state index contributed by atoms with van der Waals surface area (Å²) in [6.07, 6.45) is 0. The maximum atomic E-state index is 13.2. The molecule has 0 unspecified atom stereocenters. The van der Waals surface area contributed by atoms with Gasteiger partial charge in [-0.05, 0) is 30.3 Å². The van der Waals surface area contributed by atoms with Crippen molar-refractivity contribution in [2.75, 3.05) is 23.4 Å². The van der Waals surface area contributed by atoms with Gasteiger partial charge in [0.25, 0.3) is 10.1 Å². The van der Waals surface area contributed by atoms with E-state index in [0.717, 1.165) is 11.8 Å². The topological polar surface area (TPSA) is 139 Å². The van der Waals surface area contributed by atoms with Crippen molar-refractivity contribution in [3.63, 3.8) is 0 Å². The van der Waals surface area contributed by atoms with Crippen LogP contribution < -0.4 is 16.4 Å². The second kappa shape index (κ2) is 6.97. The number of hydrogen-bond acceptors (Lipinski definition) is 7. The Morgan fingerprint density at radius 1 is 0.867 bits per heavy atom. The summed E-state index contributed by atoms with van der Waals surface area (Å²) in [7, 11) is -2.99. The highest BCUT2D eigenvalue weighted by Crippen LogP contribution is 2.40. The second-order valence-electron chi connectivity index (χ2n) is 6.72. The van der Waals surface area contributed by atoms with Gasteiger partial charge in [-0.3, -0.25) is 14.1 Å². The van der Waals surface area contributed by atoms with E-state index in [-0.39, 0.29) is 27.9 Å². The summed E-state index contributed by atoms with van der Waals surface area (Å²) in [6, 6.07) is 14.3. The fraction of sp³-hybridized carbons (Fsp3) is 0.0476. The molecule has 8 nitrogen and oxygen atoms in total. The summed E-state index contributed by atoms with van der Waals surface area (Å²) in [4.78, 5) is 25.7. The summed E-state index contributed by atoms with van der Waals surface area (Å²) >= 11 is 0. The highest BCUT2D eigenvalue weighted by atomic mass is 32.2. The molecule has 0 amide bonds. The molecule has 3 aromatic carbocycles. The van der Waals surface area contributed by atoms with E-state index in [1.807, 2.05) is 0 Å². The highest BCUT2D eigenvalue weighted by molar-refractivity contribution is 7.86. The number of nitrogens with one attached hydrogen (secondary N) is 2. The number of carbonyl (C=O) groups is 2. The number of hydrogen-bond donors (Lipinski definition) is 4. The number of fused-ring (bicyclic) bond motifs is 2. The third-order valence-corrected chi connectivity index (χ3v) is 5.82. The second-order valence-corrected chi connectivity index (χ2v) is 8.11. The van der Waals surface area contributed by atoms with Crippen molar-refractivity contribution in [1.82, 2.24) is 0 Å². The van der Waals surface area contributed by atoms with Gasteiger partial charge in [0.15, 0.2) is 11.6 Å². The van der Waals surface area contributed by atoms with Gasteiger partial charge in [0.2, 0.25) is 0 Å². The minimum absolute atomic E-state index is 0.0405. The van der Waals surface area contributed by atoms with Crippen LogP contribution in [0.25, 0.3) is 0 Å². The van der Waals surface area contributed by atoms with Crippen LogP contribution in [-0.4, -0.2) is 31.6 Å². The summed E-state index contributed by atoms with van der Waals surface area (Å²) in [6.45, 7) is 0. The number of carbonyl (C=O) groups excluding carboxylic acids is 2. The van der Waals surface area contributed by atoms with Gasteiger partial charge in [-0.2, -0.15) is 8.42 Å². The van der Waals surface area contributed by atoms with Crippen molar-refractivity contribution >= 4 is 44.4 Å². The van der Waals surface area contributed by atoms with Gasteiger partial charge in [-0.25, -0.2) is 0 Å². The molecule has 0 radical (unpaired) electrons. The lowest BCUT2D eigenvalue weighted by Gasteiger charge is -2.23. The Balaban J connectivity index is 1.98. The van der Waals surface area contributed by atoms with Gasteiger partial charge in [0.1, 0.15) is 4.90 Å². The van der Waals surface area contributed by atoms with Crippen LogP contribution in [0.3, 0.4) is 0 Å². The van der Waals surface area contributed by atoms with Crippen molar-refractivity contribution in [2.24, 2.45) is 0 Å². The van der Waals surface area contributed by atoms with E-state index in [9.17, 15) is 22.6 Å². The Bertz CT molecular complexity index is 1320. The van der Waals surface area contributed by atoms with Gasteiger partial charge in [0.05, 0.1) is 22.5 Å². The third kappa shape index (κ3) is 3.10. The fourth-order valence-electron chi connectivity index (χ4n) is 3.48. The molecule has 0 atom stereocenters. The molecule has 0 saturated heterocycles. The van der Waals surface area contributed by atoms with Crippen molar-refractivity contribution in [3.05, 3.63) is 76.9 Å². The largest absolute Gasteiger partial charge is 0.397 e. The number of benzene rings is 3. The number of nitrogens with two attached hydrogens (primary N) is 1. The number of rotatable bonds is 4. The highest BCUT2D eigenvalue weighted by Gasteiger charge is 2.36. The average molecular weight is 423 g/mol. The predicted octanol–water partition coefficient (Wildman–Crippen LogP) is 3.08. The molecule has 0 aromatic heterocycles. The molecule has 0 bridgehead atoms. The summed E-state index contributed by atoms with van der Waals surface area (Å²) in [5, 5.41) is 5.95. The SMILES string of the molecule is CNc1ccc(Nc2cc(S(=O)(=O)O)c(N)c3c2C(=O)c2ccccc2C3=O)cc1. The van der Waals surface area contributed by atoms with E-state index in [4.69, 9.17) is 5.73 Å². The molecule has 3 aromatic rings. The zero-order valence-corrected chi connectivity index (χ0v) is 16.6. The minimum Gasteiger partial charge on any atom is -0.397 e. The number of anilines is 4. The van der Waals surface area contributed by atoms with Gasteiger partial charge in [-0.1, -0.05) is 24.3 Å². The smallest absolute Gasteiger partial charge is 0.296 e. The molecule has 0 saturated carbocycles. The van der Waals surface area contributed by atoms with Gasteiger partial charge in [-0.15, -0.1) is 0 Å². The molecule has 1 aliphatic rings. The molecule has 0 heterocycles. The molecule has 152 valence electrons. The average Bonchev–Trinajstić information content (AvgIpc) is 2.72.